The van der Waals surface area contributed by atoms with Gasteiger partial charge in [-0.1, -0.05) is 18.2 Å². The molecule has 0 saturated heterocycles. The number of para-hydroxylation sites is 1. The Morgan fingerprint density at radius 3 is 2.45 bits per heavy atom. The van der Waals surface area contributed by atoms with Gasteiger partial charge in [0.25, 0.3) is 5.91 Å². The third kappa shape index (κ3) is 4.20. The lowest BCUT2D eigenvalue weighted by Gasteiger charge is -2.11. The number of carbonyl (C=O) groups is 2. The Morgan fingerprint density at radius 2 is 1.71 bits per heavy atom. The maximum absolute atomic E-state index is 12.4. The topological polar surface area (TPSA) is 87.0 Å². The lowest BCUT2D eigenvalue weighted by Crippen LogP contribution is -2.21. The second kappa shape index (κ2) is 8.69. The molecular weight excluding hydrogens is 466 g/mol. The molecule has 0 aliphatic heterocycles. The maximum atomic E-state index is 12.4. The van der Waals surface area contributed by atoms with E-state index < -0.39 is 18.5 Å². The first-order chi connectivity index (χ1) is 15.0. The van der Waals surface area contributed by atoms with Gasteiger partial charge in [-0.05, 0) is 46.3 Å². The molecule has 0 saturated carbocycles. The van der Waals surface area contributed by atoms with Crippen LogP contribution in [0.1, 0.15) is 10.4 Å². The molecule has 0 aliphatic carbocycles. The van der Waals surface area contributed by atoms with Gasteiger partial charge >= 0.3 is 5.97 Å². The van der Waals surface area contributed by atoms with E-state index in [9.17, 15) is 9.59 Å². The molecular formula is C23H18BrNO6. The van der Waals surface area contributed by atoms with Gasteiger partial charge in [0, 0.05) is 16.8 Å². The second-order valence-corrected chi connectivity index (χ2v) is 7.47. The van der Waals surface area contributed by atoms with Crippen molar-refractivity contribution in [3.05, 3.63) is 64.6 Å². The van der Waals surface area contributed by atoms with Crippen molar-refractivity contribution in [1.29, 1.82) is 0 Å². The van der Waals surface area contributed by atoms with Crippen LogP contribution in [0.25, 0.3) is 21.9 Å². The molecule has 0 spiro atoms. The Kier molecular flexibility index (Phi) is 5.81. The number of methoxy groups -OCH3 is 2. The van der Waals surface area contributed by atoms with Gasteiger partial charge in [-0.2, -0.15) is 0 Å². The summed E-state index contributed by atoms with van der Waals surface area (Å²) in [6, 6.07) is 15.9. The van der Waals surface area contributed by atoms with Crippen LogP contribution >= 0.6 is 15.9 Å². The fourth-order valence-electron chi connectivity index (χ4n) is 3.21. The number of benzene rings is 3. The first kappa shape index (κ1) is 20.7. The summed E-state index contributed by atoms with van der Waals surface area (Å²) < 4.78 is 22.1. The van der Waals surface area contributed by atoms with Crippen molar-refractivity contribution >= 4 is 55.4 Å². The highest BCUT2D eigenvalue weighted by atomic mass is 79.9. The Balaban J connectivity index is 1.48. The van der Waals surface area contributed by atoms with E-state index in [0.29, 0.717) is 32.8 Å². The lowest BCUT2D eigenvalue weighted by atomic mass is 10.1. The van der Waals surface area contributed by atoms with E-state index in [1.54, 1.807) is 30.3 Å². The quantitative estimate of drug-likeness (QED) is 0.381. The van der Waals surface area contributed by atoms with Gasteiger partial charge in [-0.15, -0.1) is 0 Å². The Hall–Kier alpha value is -3.52. The van der Waals surface area contributed by atoms with Crippen LogP contribution in [0.2, 0.25) is 0 Å². The zero-order valence-corrected chi connectivity index (χ0v) is 18.3. The van der Waals surface area contributed by atoms with Gasteiger partial charge in [0.05, 0.1) is 29.9 Å². The number of nitrogens with one attached hydrogen (secondary N) is 1. The number of ether oxygens (including phenoxy) is 3. The fourth-order valence-corrected chi connectivity index (χ4v) is 3.75. The molecule has 0 fully saturated rings. The lowest BCUT2D eigenvalue weighted by molar-refractivity contribution is -0.119. The van der Waals surface area contributed by atoms with Crippen LogP contribution in [0.3, 0.4) is 0 Å². The van der Waals surface area contributed by atoms with Gasteiger partial charge in [0.1, 0.15) is 22.7 Å². The van der Waals surface area contributed by atoms with Crippen LogP contribution in [-0.2, 0) is 9.53 Å². The molecule has 4 aromatic rings. The van der Waals surface area contributed by atoms with Gasteiger partial charge in [-0.3, -0.25) is 4.79 Å². The first-order valence-electron chi connectivity index (χ1n) is 9.30. The standard InChI is InChI=1S/C23H18BrNO6/c1-28-19-8-7-13(9-16(19)24)23(27)30-12-22(26)25-17-11-20-15(10-21(17)29-2)14-5-3-4-6-18(14)31-20/h3-11H,12H2,1-2H3,(H,25,26). The van der Waals surface area contributed by atoms with Crippen LogP contribution in [0.5, 0.6) is 11.5 Å². The minimum Gasteiger partial charge on any atom is -0.496 e. The highest BCUT2D eigenvalue weighted by Gasteiger charge is 2.16. The zero-order valence-electron chi connectivity index (χ0n) is 16.7. The molecule has 0 unspecified atom stereocenters. The summed E-state index contributed by atoms with van der Waals surface area (Å²) in [7, 11) is 3.04. The smallest absolute Gasteiger partial charge is 0.338 e. The van der Waals surface area contributed by atoms with Crippen LogP contribution in [0.15, 0.2) is 63.5 Å². The van der Waals surface area contributed by atoms with E-state index in [1.165, 1.54) is 14.2 Å². The average Bonchev–Trinajstić information content (AvgIpc) is 3.14. The summed E-state index contributed by atoms with van der Waals surface area (Å²) in [4.78, 5) is 24.6. The summed E-state index contributed by atoms with van der Waals surface area (Å²) in [6.45, 7) is -0.455. The van der Waals surface area contributed by atoms with Gasteiger partial charge in [0.15, 0.2) is 6.61 Å². The average molecular weight is 484 g/mol. The summed E-state index contributed by atoms with van der Waals surface area (Å²) >= 11 is 3.31. The molecule has 1 aromatic heterocycles. The van der Waals surface area contributed by atoms with E-state index in [0.717, 1.165) is 16.4 Å². The Morgan fingerprint density at radius 1 is 0.935 bits per heavy atom. The molecule has 1 amide bonds. The molecule has 0 bridgehead atoms. The van der Waals surface area contributed by atoms with E-state index in [1.807, 2.05) is 24.3 Å². The van der Waals surface area contributed by atoms with Crippen molar-refractivity contribution in [2.24, 2.45) is 0 Å². The molecule has 0 radical (unpaired) electrons. The molecule has 0 atom stereocenters. The van der Waals surface area contributed by atoms with Crippen LogP contribution in [0.4, 0.5) is 5.69 Å². The molecule has 0 aliphatic rings. The molecule has 1 heterocycles. The largest absolute Gasteiger partial charge is 0.496 e. The number of fused-ring (bicyclic) bond motifs is 3. The van der Waals surface area contributed by atoms with Crippen molar-refractivity contribution in [2.45, 2.75) is 0 Å². The number of halogens is 1. The molecule has 31 heavy (non-hydrogen) atoms. The number of anilines is 1. The fraction of sp³-hybridized carbons (Fsp3) is 0.130. The second-order valence-electron chi connectivity index (χ2n) is 6.62. The maximum Gasteiger partial charge on any atom is 0.338 e. The normalized spacial score (nSPS) is 10.8. The van der Waals surface area contributed by atoms with E-state index in [-0.39, 0.29) is 0 Å². The van der Waals surface area contributed by atoms with E-state index in [2.05, 4.69) is 21.2 Å². The summed E-state index contributed by atoms with van der Waals surface area (Å²) in [5, 5.41) is 4.53. The SMILES string of the molecule is COc1ccc(C(=O)OCC(=O)Nc2cc3oc4ccccc4c3cc2OC)cc1Br. The van der Waals surface area contributed by atoms with Crippen LogP contribution in [0, 0.1) is 0 Å². The van der Waals surface area contributed by atoms with Crippen molar-refractivity contribution < 1.29 is 28.2 Å². The molecule has 158 valence electrons. The molecule has 7 nitrogen and oxygen atoms in total. The molecule has 3 aromatic carbocycles. The first-order valence-corrected chi connectivity index (χ1v) is 10.1. The monoisotopic (exact) mass is 483 g/mol. The third-order valence-corrected chi connectivity index (χ3v) is 5.31. The Bertz CT molecular complexity index is 1300. The number of hydrogen-bond acceptors (Lipinski definition) is 6. The minimum atomic E-state index is -0.627. The number of rotatable bonds is 6. The van der Waals surface area contributed by atoms with Crippen molar-refractivity contribution in [3.8, 4) is 11.5 Å². The van der Waals surface area contributed by atoms with Gasteiger partial charge < -0.3 is 23.9 Å². The molecule has 1 N–H and O–H groups in total. The van der Waals surface area contributed by atoms with Crippen molar-refractivity contribution in [3.63, 3.8) is 0 Å². The minimum absolute atomic E-state index is 0.293. The summed E-state index contributed by atoms with van der Waals surface area (Å²) in [5.41, 5.74) is 2.06. The van der Waals surface area contributed by atoms with Crippen molar-refractivity contribution in [2.75, 3.05) is 26.1 Å². The van der Waals surface area contributed by atoms with Crippen molar-refractivity contribution in [1.82, 2.24) is 0 Å². The van der Waals surface area contributed by atoms with Crippen LogP contribution in [-0.4, -0.2) is 32.7 Å². The van der Waals surface area contributed by atoms with Gasteiger partial charge in [-0.25, -0.2) is 4.79 Å². The highest BCUT2D eigenvalue weighted by Crippen LogP contribution is 2.36. The predicted molar refractivity (Wildman–Crippen MR) is 120 cm³/mol. The number of hydrogen-bond donors (Lipinski definition) is 1. The predicted octanol–water partition coefficient (Wildman–Crippen LogP) is 5.16. The van der Waals surface area contributed by atoms with Crippen LogP contribution < -0.4 is 14.8 Å². The number of amides is 1. The number of esters is 1. The number of furan rings is 1. The summed E-state index contributed by atoms with van der Waals surface area (Å²) in [5.74, 6) is -0.0759. The highest BCUT2D eigenvalue weighted by molar-refractivity contribution is 9.10. The zero-order chi connectivity index (χ0) is 22.0. The van der Waals surface area contributed by atoms with E-state index >= 15 is 0 Å². The third-order valence-electron chi connectivity index (χ3n) is 4.69. The number of carbonyl (C=O) groups excluding carboxylic acids is 2. The molecule has 4 rings (SSSR count). The Labute approximate surface area is 186 Å². The van der Waals surface area contributed by atoms with Gasteiger partial charge in [0.2, 0.25) is 0 Å². The molecule has 8 heteroatoms. The summed E-state index contributed by atoms with van der Waals surface area (Å²) in [6.07, 6.45) is 0. The van der Waals surface area contributed by atoms with E-state index in [4.69, 9.17) is 18.6 Å².